The second-order valence-corrected chi connectivity index (χ2v) is 22.9. The molecular formula is C69H32F27N3. The Morgan fingerprint density at radius 2 is 0.465 bits per heavy atom. The molecule has 512 valence electrons. The summed E-state index contributed by atoms with van der Waals surface area (Å²) in [4.78, 5) is 4.54. The highest BCUT2D eigenvalue weighted by Gasteiger charge is 2.42. The van der Waals surface area contributed by atoms with Crippen LogP contribution in [-0.4, -0.2) is 14.1 Å². The third-order valence-electron chi connectivity index (χ3n) is 16.3. The van der Waals surface area contributed by atoms with Crippen LogP contribution >= 0.6 is 0 Å². The molecular weight excluding hydrogens is 1380 g/mol. The van der Waals surface area contributed by atoms with Crippen LogP contribution in [0.25, 0.3) is 111 Å². The van der Waals surface area contributed by atoms with Gasteiger partial charge in [-0.25, -0.2) is 4.98 Å². The van der Waals surface area contributed by atoms with E-state index in [0.717, 1.165) is 75.9 Å². The normalized spacial score (nSPS) is 13.5. The Kier molecular flexibility index (Phi) is 16.0. The van der Waals surface area contributed by atoms with Crippen molar-refractivity contribution >= 4 is 43.6 Å². The summed E-state index contributed by atoms with van der Waals surface area (Å²) in [5.74, 6) is -0.663. The molecule has 3 heterocycles. The highest BCUT2D eigenvalue weighted by molar-refractivity contribution is 6.13. The molecule has 0 N–H and O–H groups in total. The fourth-order valence-electron chi connectivity index (χ4n) is 11.8. The zero-order chi connectivity index (χ0) is 72.2. The molecule has 0 bridgehead atoms. The Morgan fingerprint density at radius 3 is 0.727 bits per heavy atom. The molecule has 0 atom stereocenters. The molecule has 12 rings (SSSR count). The number of nitrogens with zero attached hydrogens (tertiary/aromatic N) is 3. The van der Waals surface area contributed by atoms with E-state index in [9.17, 15) is 92.2 Å². The highest BCUT2D eigenvalue weighted by atomic mass is 19.4. The molecule has 0 spiro atoms. The van der Waals surface area contributed by atoms with Gasteiger partial charge in [0, 0.05) is 27.1 Å². The molecule has 99 heavy (non-hydrogen) atoms. The molecule has 0 saturated heterocycles. The molecule has 0 aliphatic carbocycles. The van der Waals surface area contributed by atoms with E-state index >= 15 is 26.3 Å². The first-order valence-corrected chi connectivity index (χ1v) is 28.2. The topological polar surface area (TPSA) is 22.8 Å². The lowest BCUT2D eigenvalue weighted by molar-refractivity contribution is -0.144. The molecule has 3 nitrogen and oxygen atoms in total. The van der Waals surface area contributed by atoms with E-state index in [1.54, 1.807) is 0 Å². The zero-order valence-electron chi connectivity index (χ0n) is 48.8. The van der Waals surface area contributed by atoms with E-state index < -0.39 is 173 Å². The van der Waals surface area contributed by atoms with Crippen LogP contribution in [0.2, 0.25) is 0 Å². The monoisotopic (exact) mass is 1420 g/mol. The Balaban J connectivity index is 1.24. The highest BCUT2D eigenvalue weighted by Crippen LogP contribution is 2.49. The van der Waals surface area contributed by atoms with E-state index in [-0.39, 0.29) is 110 Å². The SMILES string of the molecule is Cc1cc(-c2ccc3c4ccc(-c5cc(C(F)(F)F)cc(C(F)(F)F)c5)cc4n(-c4cc(-c5cc(C(F)(F)F)cc(C(F)(F)F)c5)c(-n5c6cc(-c7cc(C(F)(F)F)cc(C(F)(F)F)c7)ccc6c6ccc(-c7cc(C(F)(F)F)cc(C(F)(F)F)c7)cc65)cn4)c3c2)cc(C(F)(F)F)c1. The summed E-state index contributed by atoms with van der Waals surface area (Å²) in [6.07, 6.45) is -48.4. The maximum atomic E-state index is 15.1. The van der Waals surface area contributed by atoms with Crippen LogP contribution < -0.4 is 0 Å². The van der Waals surface area contributed by atoms with Gasteiger partial charge in [-0.2, -0.15) is 119 Å². The van der Waals surface area contributed by atoms with E-state index in [1.807, 2.05) is 0 Å². The average molecular weight is 1420 g/mol. The number of fused-ring (bicyclic) bond motifs is 6. The Morgan fingerprint density at radius 1 is 0.232 bits per heavy atom. The molecule has 9 aromatic carbocycles. The van der Waals surface area contributed by atoms with E-state index in [2.05, 4.69) is 4.98 Å². The lowest BCUT2D eigenvalue weighted by Gasteiger charge is -2.20. The minimum Gasteiger partial charge on any atom is -0.307 e. The first-order chi connectivity index (χ1) is 45.6. The van der Waals surface area contributed by atoms with Crippen molar-refractivity contribution < 1.29 is 119 Å². The summed E-state index contributed by atoms with van der Waals surface area (Å²) >= 11 is 0. The van der Waals surface area contributed by atoms with Crippen LogP contribution in [0.1, 0.15) is 55.6 Å². The molecule has 0 fully saturated rings. The van der Waals surface area contributed by atoms with E-state index in [4.69, 9.17) is 0 Å². The van der Waals surface area contributed by atoms with Crippen molar-refractivity contribution in [1.29, 1.82) is 0 Å². The fourth-order valence-corrected chi connectivity index (χ4v) is 11.8. The Hall–Kier alpha value is -10.2. The zero-order valence-corrected chi connectivity index (χ0v) is 48.8. The summed E-state index contributed by atoms with van der Waals surface area (Å²) in [5.41, 5.74) is -24.6. The van der Waals surface area contributed by atoms with Crippen molar-refractivity contribution in [3.05, 3.63) is 232 Å². The maximum absolute atomic E-state index is 15.1. The maximum Gasteiger partial charge on any atom is 0.416 e. The summed E-state index contributed by atoms with van der Waals surface area (Å²) < 4.78 is 395. The lowest BCUT2D eigenvalue weighted by Crippen LogP contribution is -2.12. The first kappa shape index (κ1) is 68.8. The largest absolute Gasteiger partial charge is 0.416 e. The predicted molar refractivity (Wildman–Crippen MR) is 310 cm³/mol. The van der Waals surface area contributed by atoms with Gasteiger partial charge < -0.3 is 4.57 Å². The average Bonchev–Trinajstić information content (AvgIpc) is 1.58. The van der Waals surface area contributed by atoms with Crippen LogP contribution in [0.4, 0.5) is 119 Å². The molecule has 12 aromatic rings. The number of pyridine rings is 1. The summed E-state index contributed by atoms with van der Waals surface area (Å²) in [6, 6.07) is 17.5. The number of aromatic nitrogens is 3. The lowest BCUT2D eigenvalue weighted by atomic mass is 9.97. The van der Waals surface area contributed by atoms with Gasteiger partial charge in [0.15, 0.2) is 0 Å². The molecule has 30 heteroatoms. The van der Waals surface area contributed by atoms with Gasteiger partial charge in [-0.15, -0.1) is 0 Å². The van der Waals surface area contributed by atoms with Crippen molar-refractivity contribution in [3.8, 4) is 67.1 Å². The number of hydrogen-bond acceptors (Lipinski definition) is 1. The van der Waals surface area contributed by atoms with Crippen molar-refractivity contribution in [2.75, 3.05) is 0 Å². The Labute approximate surface area is 536 Å². The van der Waals surface area contributed by atoms with Crippen LogP contribution in [0.3, 0.4) is 0 Å². The summed E-state index contributed by atoms with van der Waals surface area (Å²) in [5, 5.41) is -0.324. The third kappa shape index (κ3) is 13.3. The van der Waals surface area contributed by atoms with Crippen LogP contribution in [0.5, 0.6) is 0 Å². The van der Waals surface area contributed by atoms with Gasteiger partial charge in [0.05, 0.1) is 84.0 Å². The van der Waals surface area contributed by atoms with Crippen LogP contribution in [-0.2, 0) is 55.6 Å². The second kappa shape index (κ2) is 23.0. The number of benzene rings is 9. The predicted octanol–water partition coefficient (Wildman–Crippen LogP) is 25.1. The van der Waals surface area contributed by atoms with Crippen molar-refractivity contribution in [2.45, 2.75) is 62.5 Å². The number of hydrogen-bond donors (Lipinski definition) is 0. The van der Waals surface area contributed by atoms with Crippen molar-refractivity contribution in [1.82, 2.24) is 14.1 Å². The number of rotatable bonds is 7. The minimum absolute atomic E-state index is 0.0107. The van der Waals surface area contributed by atoms with Gasteiger partial charge in [0.25, 0.3) is 0 Å². The molecule has 0 aliphatic rings. The van der Waals surface area contributed by atoms with E-state index in [0.29, 0.717) is 18.3 Å². The van der Waals surface area contributed by atoms with Gasteiger partial charge in [-0.3, -0.25) is 4.57 Å². The summed E-state index contributed by atoms with van der Waals surface area (Å²) in [6.45, 7) is 1.29. The quantitative estimate of drug-likeness (QED) is 0.146. The number of alkyl halides is 27. The van der Waals surface area contributed by atoms with Gasteiger partial charge in [0.2, 0.25) is 0 Å². The van der Waals surface area contributed by atoms with Gasteiger partial charge >= 0.3 is 55.6 Å². The summed E-state index contributed by atoms with van der Waals surface area (Å²) in [7, 11) is 0. The molecule has 0 saturated carbocycles. The van der Waals surface area contributed by atoms with Crippen LogP contribution in [0, 0.1) is 6.92 Å². The molecule has 0 aliphatic heterocycles. The molecule has 0 unspecified atom stereocenters. The fraction of sp³-hybridized carbons (Fsp3) is 0.145. The van der Waals surface area contributed by atoms with Gasteiger partial charge in [0.1, 0.15) is 5.82 Å². The minimum atomic E-state index is -5.68. The van der Waals surface area contributed by atoms with Crippen molar-refractivity contribution in [2.24, 2.45) is 0 Å². The molecule has 3 aromatic heterocycles. The third-order valence-corrected chi connectivity index (χ3v) is 16.3. The Bertz CT molecular complexity index is 4990. The van der Waals surface area contributed by atoms with Crippen molar-refractivity contribution in [3.63, 3.8) is 0 Å². The van der Waals surface area contributed by atoms with Gasteiger partial charge in [-0.05, 0) is 178 Å². The van der Waals surface area contributed by atoms with Gasteiger partial charge in [-0.1, -0.05) is 54.6 Å². The van der Waals surface area contributed by atoms with Crippen LogP contribution in [0.15, 0.2) is 176 Å². The second-order valence-electron chi connectivity index (χ2n) is 22.9. The van der Waals surface area contributed by atoms with E-state index in [1.165, 1.54) is 37.3 Å². The molecule has 0 amide bonds. The number of halogens is 27. The smallest absolute Gasteiger partial charge is 0.307 e. The number of aryl methyl sites for hydroxylation is 1. The standard InChI is InChI=1S/C69H32F27N3/c1-31-10-36(12-41(11-31)61(70,71)72)32-2-8-52-53-9-5-35(39-17-46(66(85,86)87)27-47(18-39)67(88,89)90)24-58(53)99(57(52)23-32)60-29-54(40-19-48(68(91,92)93)28-49(20-40)69(94,95)96)59(30-97-60)98-55-21-33(37-13-42(62(73,74)75)25-43(14-37)63(76,77)78)3-6-50(55)51-7-4-34(22-56(51)98)38-15-44(64(79,80)81)26-45(16-38)65(82,83)84/h2-30H,1H3. The first-order valence-electron chi connectivity index (χ1n) is 28.2. The molecule has 0 radical (unpaired) electrons.